The predicted molar refractivity (Wildman–Crippen MR) is 104 cm³/mol. The van der Waals surface area contributed by atoms with Crippen molar-refractivity contribution < 1.29 is 14.3 Å². The summed E-state index contributed by atoms with van der Waals surface area (Å²) in [6.45, 7) is 1.60. The lowest BCUT2D eigenvalue weighted by Crippen LogP contribution is -2.26. The number of hydrogen-bond acceptors (Lipinski definition) is 5. The number of rotatable bonds is 5. The topological polar surface area (TPSA) is 77.7 Å². The van der Waals surface area contributed by atoms with Gasteiger partial charge in [0.15, 0.2) is 0 Å². The molecule has 0 saturated carbocycles. The van der Waals surface area contributed by atoms with Crippen LogP contribution in [0, 0.1) is 0 Å². The van der Waals surface area contributed by atoms with Gasteiger partial charge < -0.3 is 20.1 Å². The zero-order chi connectivity index (χ0) is 19.0. The largest absolute Gasteiger partial charge is 0.497 e. The van der Waals surface area contributed by atoms with Gasteiger partial charge in [-0.2, -0.15) is 0 Å². The maximum absolute atomic E-state index is 12.0. The fourth-order valence-corrected chi connectivity index (χ4v) is 4.25. The van der Waals surface area contributed by atoms with Crippen LogP contribution in [0.15, 0.2) is 24.3 Å². The summed E-state index contributed by atoms with van der Waals surface area (Å²) in [5.74, 6) is 2.28. The van der Waals surface area contributed by atoms with E-state index >= 15 is 0 Å². The number of nitrogens with two attached hydrogens (primary N) is 1. The fraction of sp³-hybridized carbons (Fsp3) is 0.429. The first kappa shape index (κ1) is 17.6. The first-order valence-corrected chi connectivity index (χ1v) is 9.40. The summed E-state index contributed by atoms with van der Waals surface area (Å²) in [5.41, 5.74) is 9.60. The minimum Gasteiger partial charge on any atom is -0.497 e. The van der Waals surface area contributed by atoms with Crippen LogP contribution in [0.2, 0.25) is 0 Å². The standard InChI is InChI=1S/C21H25N3O3/c1-26-15-6-7-19(27-2)16(11-15)14-8-9-24(12-14)21-17(20(22)25)10-13-4-3-5-18(13)23-21/h6-7,10-11,14H,3-5,8-9,12H2,1-2H3,(H2,22,25)/t14-/m0/s1. The van der Waals surface area contributed by atoms with Crippen molar-refractivity contribution in [3.63, 3.8) is 0 Å². The van der Waals surface area contributed by atoms with Gasteiger partial charge in [0.1, 0.15) is 17.3 Å². The highest BCUT2D eigenvalue weighted by Crippen LogP contribution is 2.38. The molecule has 0 unspecified atom stereocenters. The van der Waals surface area contributed by atoms with Gasteiger partial charge in [0.2, 0.25) is 0 Å². The van der Waals surface area contributed by atoms with Gasteiger partial charge in [-0.05, 0) is 55.5 Å². The number of fused-ring (bicyclic) bond motifs is 1. The van der Waals surface area contributed by atoms with Crippen LogP contribution in [0.3, 0.4) is 0 Å². The predicted octanol–water partition coefficient (Wildman–Crippen LogP) is 2.68. The Morgan fingerprint density at radius 1 is 1.22 bits per heavy atom. The molecule has 0 bridgehead atoms. The summed E-state index contributed by atoms with van der Waals surface area (Å²) in [7, 11) is 3.35. The van der Waals surface area contributed by atoms with Crippen molar-refractivity contribution in [2.75, 3.05) is 32.2 Å². The molecule has 1 atom stereocenters. The highest BCUT2D eigenvalue weighted by molar-refractivity contribution is 5.98. The average molecular weight is 367 g/mol. The van der Waals surface area contributed by atoms with Gasteiger partial charge in [0, 0.05) is 30.3 Å². The van der Waals surface area contributed by atoms with Crippen LogP contribution in [-0.4, -0.2) is 38.2 Å². The molecule has 0 spiro atoms. The molecule has 6 heteroatoms. The number of amides is 1. The number of ether oxygens (including phenoxy) is 2. The number of anilines is 1. The maximum atomic E-state index is 12.0. The Morgan fingerprint density at radius 3 is 2.81 bits per heavy atom. The molecule has 1 fully saturated rings. The monoisotopic (exact) mass is 367 g/mol. The molecule has 1 aromatic carbocycles. The van der Waals surface area contributed by atoms with Crippen molar-refractivity contribution in [3.8, 4) is 11.5 Å². The Hall–Kier alpha value is -2.76. The van der Waals surface area contributed by atoms with E-state index in [0.717, 1.165) is 72.9 Å². The molecule has 6 nitrogen and oxygen atoms in total. The van der Waals surface area contributed by atoms with E-state index in [-0.39, 0.29) is 5.92 Å². The number of carbonyl (C=O) groups is 1. The second kappa shape index (κ2) is 7.10. The van der Waals surface area contributed by atoms with Gasteiger partial charge in [-0.3, -0.25) is 4.79 Å². The summed E-state index contributed by atoms with van der Waals surface area (Å²) in [5, 5.41) is 0. The summed E-state index contributed by atoms with van der Waals surface area (Å²) in [4.78, 5) is 19.0. The van der Waals surface area contributed by atoms with Crippen molar-refractivity contribution in [2.24, 2.45) is 5.73 Å². The summed E-state index contributed by atoms with van der Waals surface area (Å²) in [6, 6.07) is 7.84. The molecular formula is C21H25N3O3. The first-order chi connectivity index (χ1) is 13.1. The van der Waals surface area contributed by atoms with E-state index in [1.54, 1.807) is 14.2 Å². The number of carbonyl (C=O) groups excluding carboxylic acids is 1. The fourth-order valence-electron chi connectivity index (χ4n) is 4.25. The third kappa shape index (κ3) is 3.20. The first-order valence-electron chi connectivity index (χ1n) is 9.40. The van der Waals surface area contributed by atoms with Gasteiger partial charge in [0.05, 0.1) is 19.8 Å². The number of aromatic nitrogens is 1. The van der Waals surface area contributed by atoms with Crippen molar-refractivity contribution in [2.45, 2.75) is 31.6 Å². The van der Waals surface area contributed by atoms with Crippen LogP contribution in [0.5, 0.6) is 11.5 Å². The summed E-state index contributed by atoms with van der Waals surface area (Å²) < 4.78 is 10.9. The number of hydrogen-bond donors (Lipinski definition) is 1. The van der Waals surface area contributed by atoms with Crippen LogP contribution >= 0.6 is 0 Å². The zero-order valence-electron chi connectivity index (χ0n) is 15.8. The third-order valence-corrected chi connectivity index (χ3v) is 5.66. The smallest absolute Gasteiger partial charge is 0.252 e. The number of nitrogens with zero attached hydrogens (tertiary/aromatic N) is 2. The van der Waals surface area contributed by atoms with Crippen LogP contribution in [0.4, 0.5) is 5.82 Å². The molecule has 1 aliphatic heterocycles. The molecular weight excluding hydrogens is 342 g/mol. The Labute approximate surface area is 159 Å². The molecule has 1 saturated heterocycles. The van der Waals surface area contributed by atoms with E-state index in [2.05, 4.69) is 4.90 Å². The summed E-state index contributed by atoms with van der Waals surface area (Å²) >= 11 is 0. The number of benzene rings is 1. The Kier molecular flexibility index (Phi) is 4.64. The third-order valence-electron chi connectivity index (χ3n) is 5.66. The average Bonchev–Trinajstić information content (AvgIpc) is 3.35. The summed E-state index contributed by atoms with van der Waals surface area (Å²) in [6.07, 6.45) is 4.00. The van der Waals surface area contributed by atoms with Gasteiger partial charge in [-0.25, -0.2) is 4.98 Å². The number of primary amides is 1. The van der Waals surface area contributed by atoms with E-state index in [4.69, 9.17) is 20.2 Å². The van der Waals surface area contributed by atoms with Crippen molar-refractivity contribution >= 4 is 11.7 Å². The van der Waals surface area contributed by atoms with Crippen LogP contribution in [0.1, 0.15) is 45.9 Å². The minimum absolute atomic E-state index is 0.283. The van der Waals surface area contributed by atoms with Gasteiger partial charge in [-0.1, -0.05) is 0 Å². The van der Waals surface area contributed by atoms with Gasteiger partial charge in [-0.15, -0.1) is 0 Å². The highest BCUT2D eigenvalue weighted by atomic mass is 16.5. The molecule has 1 aliphatic carbocycles. The Bertz CT molecular complexity index is 881. The molecule has 27 heavy (non-hydrogen) atoms. The molecule has 4 rings (SSSR count). The normalized spacial score (nSPS) is 18.4. The molecule has 1 amide bonds. The van der Waals surface area contributed by atoms with Crippen LogP contribution in [0.25, 0.3) is 0 Å². The Morgan fingerprint density at radius 2 is 2.07 bits per heavy atom. The van der Waals surface area contributed by atoms with Gasteiger partial charge >= 0.3 is 0 Å². The lowest BCUT2D eigenvalue weighted by Gasteiger charge is -2.22. The SMILES string of the molecule is COc1ccc(OC)c([C@H]2CCN(c3nc4c(cc3C(N)=O)CCC4)C2)c1. The molecule has 1 aromatic heterocycles. The Balaban J connectivity index is 1.65. The quantitative estimate of drug-likeness (QED) is 0.879. The second-order valence-electron chi connectivity index (χ2n) is 7.22. The molecule has 2 aliphatic rings. The maximum Gasteiger partial charge on any atom is 0.252 e. The van der Waals surface area contributed by atoms with E-state index < -0.39 is 5.91 Å². The van der Waals surface area contributed by atoms with E-state index in [0.29, 0.717) is 5.56 Å². The van der Waals surface area contributed by atoms with Crippen molar-refractivity contribution in [1.29, 1.82) is 0 Å². The van der Waals surface area contributed by atoms with Gasteiger partial charge in [0.25, 0.3) is 5.91 Å². The number of methoxy groups -OCH3 is 2. The highest BCUT2D eigenvalue weighted by Gasteiger charge is 2.30. The molecule has 0 radical (unpaired) electrons. The zero-order valence-corrected chi connectivity index (χ0v) is 15.8. The minimum atomic E-state index is -0.408. The van der Waals surface area contributed by atoms with E-state index in [1.165, 1.54) is 0 Å². The molecule has 2 heterocycles. The van der Waals surface area contributed by atoms with E-state index in [1.807, 2.05) is 24.3 Å². The number of aryl methyl sites for hydroxylation is 2. The lowest BCUT2D eigenvalue weighted by molar-refractivity contribution is 0.100. The number of pyridine rings is 1. The van der Waals surface area contributed by atoms with Crippen molar-refractivity contribution in [3.05, 3.63) is 46.6 Å². The molecule has 2 N–H and O–H groups in total. The second-order valence-corrected chi connectivity index (χ2v) is 7.22. The molecule has 2 aromatic rings. The van der Waals surface area contributed by atoms with Crippen LogP contribution in [-0.2, 0) is 12.8 Å². The lowest BCUT2D eigenvalue weighted by atomic mass is 9.97. The van der Waals surface area contributed by atoms with E-state index in [9.17, 15) is 4.79 Å². The molecule has 142 valence electrons. The van der Waals surface area contributed by atoms with Crippen molar-refractivity contribution in [1.82, 2.24) is 4.98 Å². The van der Waals surface area contributed by atoms with Crippen LogP contribution < -0.4 is 20.1 Å².